The van der Waals surface area contributed by atoms with Crippen LogP contribution >= 0.6 is 15.6 Å². The Hall–Kier alpha value is 0.180. The second-order valence-corrected chi connectivity index (χ2v) is 8.17. The molecule has 0 bridgehead atoms. The highest BCUT2D eigenvalue weighted by atomic mass is 31.2. The molecule has 0 spiro atoms. The van der Waals surface area contributed by atoms with Gasteiger partial charge in [-0.1, -0.05) is 13.8 Å². The molecule has 0 aliphatic heterocycles. The summed E-state index contributed by atoms with van der Waals surface area (Å²) in [5, 5.41) is 0. The molecule has 4 N–H and O–H groups in total. The molecule has 0 aromatic heterocycles. The molecule has 0 rings (SSSR count). The van der Waals surface area contributed by atoms with Gasteiger partial charge in [-0.3, -0.25) is 9.05 Å². The average molecular weight is 336 g/mol. The summed E-state index contributed by atoms with van der Waals surface area (Å²) in [6, 6.07) is 0. The average Bonchev–Trinajstić information content (AvgIpc) is 2.09. The van der Waals surface area contributed by atoms with Gasteiger partial charge >= 0.3 is 15.6 Å². The van der Waals surface area contributed by atoms with Crippen molar-refractivity contribution < 1.29 is 42.5 Å². The van der Waals surface area contributed by atoms with E-state index in [1.54, 1.807) is 13.8 Å². The first-order chi connectivity index (χ1) is 8.62. The first-order valence-corrected chi connectivity index (χ1v) is 8.72. The van der Waals surface area contributed by atoms with Crippen LogP contribution in [0.1, 0.15) is 27.7 Å². The fraction of sp³-hybridized carbons (Fsp3) is 1.00. The van der Waals surface area contributed by atoms with Crippen LogP contribution in [0.3, 0.4) is 0 Å². The number of rotatable bonds is 9. The lowest BCUT2D eigenvalue weighted by molar-refractivity contribution is -0.0484. The second kappa shape index (κ2) is 6.96. The van der Waals surface area contributed by atoms with Crippen molar-refractivity contribution >= 4 is 15.6 Å². The molecule has 0 aromatic rings. The van der Waals surface area contributed by atoms with Gasteiger partial charge in [-0.15, -0.1) is 0 Å². The Kier molecular flexibility index (Phi) is 7.02. The molecule has 9 nitrogen and oxygen atoms in total. The monoisotopic (exact) mass is 336 g/mol. The lowest BCUT2D eigenvalue weighted by atomic mass is 9.96. The minimum absolute atomic E-state index is 0.0704. The Balaban J connectivity index is 4.21. The summed E-state index contributed by atoms with van der Waals surface area (Å²) in [7, 11) is -9.15. The molecule has 0 aliphatic carbocycles. The van der Waals surface area contributed by atoms with Crippen molar-refractivity contribution in [2.24, 2.45) is 5.41 Å². The largest absolute Gasteiger partial charge is 0.470 e. The van der Waals surface area contributed by atoms with Gasteiger partial charge in [0.05, 0.1) is 25.4 Å². The Bertz CT molecular complexity index is 394. The molecule has 0 aliphatic rings. The summed E-state index contributed by atoms with van der Waals surface area (Å²) in [5.41, 5.74) is -1.88. The van der Waals surface area contributed by atoms with Gasteiger partial charge < -0.3 is 24.3 Å². The van der Waals surface area contributed by atoms with Crippen molar-refractivity contribution in [3.8, 4) is 0 Å². The highest BCUT2D eigenvalue weighted by Crippen LogP contribution is 2.41. The Morgan fingerprint density at radius 1 is 0.850 bits per heavy atom. The standard InChI is InChI=1S/C9H22O9P2/c1-8(2,6-17-19(10,11)12)5-16-7-9(3,4)18-20(13,14)15/h5-7H2,1-4H3,(H2,10,11,12)(H2,13,14,15). The van der Waals surface area contributed by atoms with Crippen LogP contribution in [0.2, 0.25) is 0 Å². The molecule has 0 saturated heterocycles. The fourth-order valence-electron chi connectivity index (χ4n) is 1.22. The van der Waals surface area contributed by atoms with E-state index in [1.807, 2.05) is 0 Å². The van der Waals surface area contributed by atoms with E-state index in [-0.39, 0.29) is 19.8 Å². The van der Waals surface area contributed by atoms with Gasteiger partial charge in [0.25, 0.3) is 0 Å². The first-order valence-electron chi connectivity index (χ1n) is 5.66. The molecule has 0 unspecified atom stereocenters. The Morgan fingerprint density at radius 2 is 1.35 bits per heavy atom. The van der Waals surface area contributed by atoms with Crippen molar-refractivity contribution in [1.82, 2.24) is 0 Å². The third-order valence-corrected chi connectivity index (χ3v) is 3.13. The van der Waals surface area contributed by atoms with E-state index in [0.29, 0.717) is 0 Å². The molecular weight excluding hydrogens is 314 g/mol. The Labute approximate surface area is 117 Å². The third kappa shape index (κ3) is 12.0. The summed E-state index contributed by atoms with van der Waals surface area (Å²) in [6.07, 6.45) is 0. The third-order valence-electron chi connectivity index (χ3n) is 1.93. The predicted molar refractivity (Wildman–Crippen MR) is 69.8 cm³/mol. The summed E-state index contributed by atoms with van der Waals surface area (Å²) < 4.78 is 35.5. The van der Waals surface area contributed by atoms with E-state index >= 15 is 0 Å². The Morgan fingerprint density at radius 3 is 1.75 bits per heavy atom. The molecule has 0 aromatic carbocycles. The quantitative estimate of drug-likeness (QED) is 0.454. The maximum absolute atomic E-state index is 10.7. The van der Waals surface area contributed by atoms with Crippen molar-refractivity contribution in [3.05, 3.63) is 0 Å². The molecule has 0 amide bonds. The molecular formula is C9H22O9P2. The van der Waals surface area contributed by atoms with Crippen LogP contribution in [-0.2, 0) is 22.9 Å². The van der Waals surface area contributed by atoms with Gasteiger partial charge in [0.15, 0.2) is 0 Å². The normalized spacial score (nSPS) is 14.6. The molecule has 11 heteroatoms. The van der Waals surface area contributed by atoms with Crippen LogP contribution < -0.4 is 0 Å². The van der Waals surface area contributed by atoms with Crippen LogP contribution in [0.4, 0.5) is 0 Å². The van der Waals surface area contributed by atoms with E-state index in [1.165, 1.54) is 13.8 Å². The van der Waals surface area contributed by atoms with Gasteiger partial charge in [-0.25, -0.2) is 9.13 Å². The zero-order valence-electron chi connectivity index (χ0n) is 11.8. The summed E-state index contributed by atoms with van der Waals surface area (Å²) in [5.74, 6) is 0. The summed E-state index contributed by atoms with van der Waals surface area (Å²) >= 11 is 0. The molecule has 0 heterocycles. The van der Waals surface area contributed by atoms with E-state index in [2.05, 4.69) is 9.05 Å². The number of ether oxygens (including phenoxy) is 1. The van der Waals surface area contributed by atoms with Crippen molar-refractivity contribution in [2.45, 2.75) is 33.3 Å². The molecule has 0 radical (unpaired) electrons. The summed E-state index contributed by atoms with van der Waals surface area (Å²) in [6.45, 7) is 5.98. The van der Waals surface area contributed by atoms with Crippen molar-refractivity contribution in [3.63, 3.8) is 0 Å². The van der Waals surface area contributed by atoms with Crippen LogP contribution in [-0.4, -0.2) is 45.0 Å². The highest BCUT2D eigenvalue weighted by molar-refractivity contribution is 7.46. The summed E-state index contributed by atoms with van der Waals surface area (Å²) in [4.78, 5) is 34.6. The molecule has 0 saturated carbocycles. The van der Waals surface area contributed by atoms with Crippen LogP contribution in [0.5, 0.6) is 0 Å². The number of hydrogen-bond acceptors (Lipinski definition) is 5. The first kappa shape index (κ1) is 20.2. The molecule has 122 valence electrons. The minimum Gasteiger partial charge on any atom is -0.378 e. The maximum Gasteiger partial charge on any atom is 0.470 e. The highest BCUT2D eigenvalue weighted by Gasteiger charge is 2.31. The van der Waals surface area contributed by atoms with Gasteiger partial charge in [0, 0.05) is 5.41 Å². The van der Waals surface area contributed by atoms with Gasteiger partial charge in [-0.05, 0) is 13.8 Å². The lowest BCUT2D eigenvalue weighted by Crippen LogP contribution is -2.33. The van der Waals surface area contributed by atoms with E-state index < -0.39 is 26.7 Å². The topological polar surface area (TPSA) is 143 Å². The van der Waals surface area contributed by atoms with E-state index in [9.17, 15) is 9.13 Å². The number of phosphoric ester groups is 2. The minimum atomic E-state index is -4.61. The zero-order chi connectivity index (χ0) is 16.2. The molecule has 20 heavy (non-hydrogen) atoms. The van der Waals surface area contributed by atoms with Gasteiger partial charge in [0.1, 0.15) is 0 Å². The predicted octanol–water partition coefficient (Wildman–Crippen LogP) is 1.03. The zero-order valence-corrected chi connectivity index (χ0v) is 13.6. The van der Waals surface area contributed by atoms with Crippen molar-refractivity contribution in [2.75, 3.05) is 19.8 Å². The lowest BCUT2D eigenvalue weighted by Gasteiger charge is -2.29. The van der Waals surface area contributed by atoms with Crippen LogP contribution in [0, 0.1) is 5.41 Å². The SMILES string of the molecule is CC(C)(COCC(C)(C)OP(=O)(O)O)COP(=O)(O)O. The molecule has 0 atom stereocenters. The number of phosphoric acid groups is 2. The number of hydrogen-bond donors (Lipinski definition) is 4. The van der Waals surface area contributed by atoms with Gasteiger partial charge in [0.2, 0.25) is 0 Å². The smallest absolute Gasteiger partial charge is 0.378 e. The van der Waals surface area contributed by atoms with E-state index in [0.717, 1.165) is 0 Å². The van der Waals surface area contributed by atoms with E-state index in [4.69, 9.17) is 24.3 Å². The second-order valence-electron chi connectivity index (χ2n) is 5.76. The van der Waals surface area contributed by atoms with Crippen LogP contribution in [0.15, 0.2) is 0 Å². The maximum atomic E-state index is 10.7. The molecule has 0 fully saturated rings. The van der Waals surface area contributed by atoms with Crippen LogP contribution in [0.25, 0.3) is 0 Å². The van der Waals surface area contributed by atoms with Gasteiger partial charge in [-0.2, -0.15) is 0 Å². The fourth-order valence-corrected chi connectivity index (χ4v) is 2.44. The van der Waals surface area contributed by atoms with Crippen molar-refractivity contribution in [1.29, 1.82) is 0 Å².